The molecular formula is C10H8ClN5O. The molecule has 4 N–H and O–H groups in total. The van der Waals surface area contributed by atoms with Crippen LogP contribution in [-0.2, 0) is 0 Å². The predicted octanol–water partition coefficient (Wildman–Crippen LogP) is 0.873. The standard InChI is InChI=1S/C10H8ClN5O/c11-6-2-1-3-14-7(6)10-15-4-5(9(13)17)8(12)16-10/h1-4H,(H2,13,17)(H2,12,15,16). The average Bonchev–Trinajstić information content (AvgIpc) is 2.29. The number of anilines is 1. The first kappa shape index (κ1) is 11.3. The molecule has 0 saturated carbocycles. The summed E-state index contributed by atoms with van der Waals surface area (Å²) in [5.74, 6) is -0.427. The van der Waals surface area contributed by atoms with E-state index in [2.05, 4.69) is 15.0 Å². The van der Waals surface area contributed by atoms with Crippen molar-refractivity contribution in [1.82, 2.24) is 15.0 Å². The molecule has 0 aliphatic heterocycles. The van der Waals surface area contributed by atoms with E-state index in [0.717, 1.165) is 0 Å². The van der Waals surface area contributed by atoms with Crippen LogP contribution in [0.15, 0.2) is 24.5 Å². The van der Waals surface area contributed by atoms with Crippen molar-refractivity contribution in [3.63, 3.8) is 0 Å². The molecule has 86 valence electrons. The number of carbonyl (C=O) groups excluding carboxylic acids is 1. The van der Waals surface area contributed by atoms with E-state index in [-0.39, 0.29) is 17.2 Å². The summed E-state index contributed by atoms with van der Waals surface area (Å²) in [7, 11) is 0. The number of aromatic nitrogens is 3. The number of amides is 1. The zero-order chi connectivity index (χ0) is 12.4. The minimum absolute atomic E-state index is 0.00391. The van der Waals surface area contributed by atoms with Crippen LogP contribution in [0.3, 0.4) is 0 Å². The topological polar surface area (TPSA) is 108 Å². The Bertz CT molecular complexity index is 587. The van der Waals surface area contributed by atoms with Gasteiger partial charge in [-0.1, -0.05) is 11.6 Å². The molecular weight excluding hydrogens is 242 g/mol. The molecule has 7 heteroatoms. The highest BCUT2D eigenvalue weighted by atomic mass is 35.5. The van der Waals surface area contributed by atoms with Crippen LogP contribution in [0.25, 0.3) is 11.5 Å². The number of nitrogens with zero attached hydrogens (tertiary/aromatic N) is 3. The van der Waals surface area contributed by atoms with Crippen molar-refractivity contribution in [1.29, 1.82) is 0 Å². The average molecular weight is 250 g/mol. The lowest BCUT2D eigenvalue weighted by atomic mass is 10.2. The maximum absolute atomic E-state index is 11.0. The summed E-state index contributed by atoms with van der Waals surface area (Å²) in [5.41, 5.74) is 11.1. The molecule has 2 aromatic heterocycles. The fraction of sp³-hybridized carbons (Fsp3) is 0. The number of hydrogen-bond acceptors (Lipinski definition) is 5. The van der Waals surface area contributed by atoms with Crippen LogP contribution < -0.4 is 11.5 Å². The third-order valence-electron chi connectivity index (χ3n) is 2.05. The number of hydrogen-bond donors (Lipinski definition) is 2. The fourth-order valence-corrected chi connectivity index (χ4v) is 1.46. The third-order valence-corrected chi connectivity index (χ3v) is 2.36. The van der Waals surface area contributed by atoms with Gasteiger partial charge >= 0.3 is 0 Å². The molecule has 0 aromatic carbocycles. The molecule has 2 heterocycles. The van der Waals surface area contributed by atoms with Gasteiger partial charge in [0.15, 0.2) is 5.82 Å². The lowest BCUT2D eigenvalue weighted by Crippen LogP contribution is -2.15. The summed E-state index contributed by atoms with van der Waals surface area (Å²) in [6.45, 7) is 0. The van der Waals surface area contributed by atoms with Gasteiger partial charge in [0, 0.05) is 12.4 Å². The van der Waals surface area contributed by atoms with Crippen molar-refractivity contribution >= 4 is 23.3 Å². The Balaban J connectivity index is 2.52. The van der Waals surface area contributed by atoms with Crippen LogP contribution in [0.4, 0.5) is 5.82 Å². The first-order valence-corrected chi connectivity index (χ1v) is 5.00. The zero-order valence-electron chi connectivity index (χ0n) is 8.59. The van der Waals surface area contributed by atoms with Crippen LogP contribution in [0, 0.1) is 0 Å². The third kappa shape index (κ3) is 2.16. The second kappa shape index (κ2) is 4.34. The highest BCUT2D eigenvalue weighted by Gasteiger charge is 2.12. The molecule has 0 unspecified atom stereocenters. The highest BCUT2D eigenvalue weighted by molar-refractivity contribution is 6.32. The van der Waals surface area contributed by atoms with Crippen molar-refractivity contribution in [3.05, 3.63) is 35.1 Å². The molecule has 2 aromatic rings. The van der Waals surface area contributed by atoms with Gasteiger partial charge in [-0.15, -0.1) is 0 Å². The lowest BCUT2D eigenvalue weighted by molar-refractivity contribution is 0.100. The largest absolute Gasteiger partial charge is 0.383 e. The molecule has 0 fully saturated rings. The number of primary amides is 1. The molecule has 0 bridgehead atoms. The minimum Gasteiger partial charge on any atom is -0.383 e. The van der Waals surface area contributed by atoms with E-state index < -0.39 is 5.91 Å². The van der Waals surface area contributed by atoms with Crippen molar-refractivity contribution < 1.29 is 4.79 Å². The molecule has 2 rings (SSSR count). The first-order chi connectivity index (χ1) is 8.09. The van der Waals surface area contributed by atoms with E-state index in [1.165, 1.54) is 6.20 Å². The molecule has 0 aliphatic rings. The molecule has 0 saturated heterocycles. The van der Waals surface area contributed by atoms with Crippen LogP contribution in [0.5, 0.6) is 0 Å². The summed E-state index contributed by atoms with van der Waals surface area (Å²) >= 11 is 5.94. The Labute approximate surface area is 102 Å². The van der Waals surface area contributed by atoms with E-state index in [4.69, 9.17) is 23.1 Å². The molecule has 0 atom stereocenters. The molecule has 0 radical (unpaired) electrons. The molecule has 17 heavy (non-hydrogen) atoms. The smallest absolute Gasteiger partial charge is 0.254 e. The van der Waals surface area contributed by atoms with Gasteiger partial charge < -0.3 is 11.5 Å². The van der Waals surface area contributed by atoms with Gasteiger partial charge in [-0.05, 0) is 12.1 Å². The number of carbonyl (C=O) groups is 1. The van der Waals surface area contributed by atoms with Crippen molar-refractivity contribution in [2.75, 3.05) is 5.73 Å². The number of rotatable bonds is 2. The Morgan fingerprint density at radius 2 is 2.12 bits per heavy atom. The quantitative estimate of drug-likeness (QED) is 0.821. The molecule has 0 aliphatic carbocycles. The van der Waals surface area contributed by atoms with E-state index in [9.17, 15) is 4.79 Å². The fourth-order valence-electron chi connectivity index (χ4n) is 1.25. The number of pyridine rings is 1. The molecule has 1 amide bonds. The summed E-state index contributed by atoms with van der Waals surface area (Å²) in [5, 5.41) is 0.402. The van der Waals surface area contributed by atoms with Crippen LogP contribution >= 0.6 is 11.6 Å². The van der Waals surface area contributed by atoms with E-state index in [1.807, 2.05) is 0 Å². The second-order valence-electron chi connectivity index (χ2n) is 3.19. The van der Waals surface area contributed by atoms with Gasteiger partial charge in [-0.3, -0.25) is 9.78 Å². The summed E-state index contributed by atoms with van der Waals surface area (Å²) in [6, 6.07) is 3.35. The Hall–Kier alpha value is -2.21. The maximum Gasteiger partial charge on any atom is 0.254 e. The Kier molecular flexibility index (Phi) is 2.88. The van der Waals surface area contributed by atoms with Crippen molar-refractivity contribution in [2.24, 2.45) is 5.73 Å². The van der Waals surface area contributed by atoms with E-state index in [0.29, 0.717) is 10.7 Å². The van der Waals surface area contributed by atoms with Gasteiger partial charge in [0.1, 0.15) is 11.5 Å². The number of nitrogens with two attached hydrogens (primary N) is 2. The van der Waals surface area contributed by atoms with Gasteiger partial charge in [0.05, 0.1) is 10.6 Å². The summed E-state index contributed by atoms with van der Waals surface area (Å²) in [4.78, 5) is 22.9. The SMILES string of the molecule is NC(=O)c1cnc(-c2ncccc2Cl)nc1N. The highest BCUT2D eigenvalue weighted by Crippen LogP contribution is 2.22. The zero-order valence-corrected chi connectivity index (χ0v) is 9.35. The summed E-state index contributed by atoms with van der Waals surface area (Å²) in [6.07, 6.45) is 2.81. The van der Waals surface area contributed by atoms with Gasteiger partial charge in [-0.25, -0.2) is 9.97 Å². The normalized spacial score (nSPS) is 10.2. The van der Waals surface area contributed by atoms with Crippen molar-refractivity contribution in [3.8, 4) is 11.5 Å². The van der Waals surface area contributed by atoms with Crippen LogP contribution in [-0.4, -0.2) is 20.9 Å². The molecule has 0 spiro atoms. The number of halogens is 1. The van der Waals surface area contributed by atoms with Crippen LogP contribution in [0.1, 0.15) is 10.4 Å². The molecule has 6 nitrogen and oxygen atoms in total. The lowest BCUT2D eigenvalue weighted by Gasteiger charge is -2.04. The minimum atomic E-state index is -0.679. The summed E-state index contributed by atoms with van der Waals surface area (Å²) < 4.78 is 0. The monoisotopic (exact) mass is 249 g/mol. The second-order valence-corrected chi connectivity index (χ2v) is 3.60. The van der Waals surface area contributed by atoms with Gasteiger partial charge in [0.25, 0.3) is 5.91 Å². The van der Waals surface area contributed by atoms with E-state index >= 15 is 0 Å². The van der Waals surface area contributed by atoms with Gasteiger partial charge in [0.2, 0.25) is 0 Å². The number of nitrogen functional groups attached to an aromatic ring is 1. The van der Waals surface area contributed by atoms with Crippen LogP contribution in [0.2, 0.25) is 5.02 Å². The predicted molar refractivity (Wildman–Crippen MR) is 63.2 cm³/mol. The maximum atomic E-state index is 11.0. The van der Waals surface area contributed by atoms with Gasteiger partial charge in [-0.2, -0.15) is 0 Å². The van der Waals surface area contributed by atoms with Crippen molar-refractivity contribution in [2.45, 2.75) is 0 Å². The Morgan fingerprint density at radius 3 is 2.71 bits per heavy atom. The Morgan fingerprint density at radius 1 is 1.35 bits per heavy atom. The first-order valence-electron chi connectivity index (χ1n) is 4.63. The van der Waals surface area contributed by atoms with E-state index in [1.54, 1.807) is 18.3 Å².